The monoisotopic (exact) mass is 388 g/mol. The summed E-state index contributed by atoms with van der Waals surface area (Å²) < 4.78 is 5.64. The zero-order valence-corrected chi connectivity index (χ0v) is 16.3. The number of fused-ring (bicyclic) bond motifs is 1. The number of rotatable bonds is 7. The van der Waals surface area contributed by atoms with E-state index >= 15 is 0 Å². The molecule has 2 amide bonds. The van der Waals surface area contributed by atoms with Crippen molar-refractivity contribution in [3.05, 3.63) is 35.4 Å². The van der Waals surface area contributed by atoms with Crippen molar-refractivity contribution in [1.82, 2.24) is 9.80 Å². The Hall–Kier alpha value is -2.41. The van der Waals surface area contributed by atoms with Crippen LogP contribution in [0.4, 0.5) is 0 Å². The Labute approximate surface area is 165 Å². The van der Waals surface area contributed by atoms with Crippen LogP contribution in [-0.2, 0) is 25.5 Å². The molecule has 1 N–H and O–H groups in total. The third kappa shape index (κ3) is 4.90. The fourth-order valence-corrected chi connectivity index (χ4v) is 4.13. The predicted molar refractivity (Wildman–Crippen MR) is 103 cm³/mol. The van der Waals surface area contributed by atoms with E-state index in [0.717, 1.165) is 30.4 Å². The number of hydrogen-bond acceptors (Lipinski definition) is 4. The molecule has 2 heterocycles. The van der Waals surface area contributed by atoms with Crippen LogP contribution in [0, 0.1) is 0 Å². The number of hydrogen-bond donors (Lipinski definition) is 1. The van der Waals surface area contributed by atoms with E-state index in [1.54, 1.807) is 9.80 Å². The van der Waals surface area contributed by atoms with E-state index < -0.39 is 5.97 Å². The number of aliphatic carboxylic acids is 1. The molecule has 0 radical (unpaired) electrons. The molecule has 152 valence electrons. The van der Waals surface area contributed by atoms with Gasteiger partial charge in [-0.25, -0.2) is 0 Å². The second-order valence-corrected chi connectivity index (χ2v) is 7.50. The molecule has 1 fully saturated rings. The summed E-state index contributed by atoms with van der Waals surface area (Å²) in [4.78, 5) is 39.7. The maximum atomic E-state index is 13.1. The van der Waals surface area contributed by atoms with Gasteiger partial charge >= 0.3 is 5.97 Å². The molecule has 2 atom stereocenters. The van der Waals surface area contributed by atoms with Gasteiger partial charge in [0.2, 0.25) is 11.8 Å². The summed E-state index contributed by atoms with van der Waals surface area (Å²) in [6.45, 7) is 3.36. The van der Waals surface area contributed by atoms with Gasteiger partial charge in [0.1, 0.15) is 0 Å². The van der Waals surface area contributed by atoms with E-state index in [1.165, 1.54) is 6.92 Å². The maximum Gasteiger partial charge on any atom is 0.305 e. The first-order chi connectivity index (χ1) is 13.5. The molecule has 0 bridgehead atoms. The van der Waals surface area contributed by atoms with E-state index in [4.69, 9.17) is 9.84 Å². The number of carboxylic acid groups (broad SMARTS) is 1. The summed E-state index contributed by atoms with van der Waals surface area (Å²) >= 11 is 0. The lowest BCUT2D eigenvalue weighted by molar-refractivity contribution is -0.140. The van der Waals surface area contributed by atoms with Gasteiger partial charge in [-0.2, -0.15) is 0 Å². The largest absolute Gasteiger partial charge is 0.481 e. The first-order valence-corrected chi connectivity index (χ1v) is 9.92. The Bertz CT molecular complexity index is 729. The fourth-order valence-electron chi connectivity index (χ4n) is 4.13. The van der Waals surface area contributed by atoms with Crippen molar-refractivity contribution in [2.45, 2.75) is 51.2 Å². The van der Waals surface area contributed by atoms with Crippen molar-refractivity contribution in [3.8, 4) is 0 Å². The second kappa shape index (κ2) is 9.19. The van der Waals surface area contributed by atoms with Crippen LogP contribution >= 0.6 is 0 Å². The third-order valence-corrected chi connectivity index (χ3v) is 5.58. The lowest BCUT2D eigenvalue weighted by Gasteiger charge is -2.37. The van der Waals surface area contributed by atoms with Crippen LogP contribution in [0.3, 0.4) is 0 Å². The summed E-state index contributed by atoms with van der Waals surface area (Å²) in [5.74, 6) is -1.12. The number of carbonyl (C=O) groups is 3. The molecular weight excluding hydrogens is 360 g/mol. The highest BCUT2D eigenvalue weighted by Crippen LogP contribution is 2.33. The zero-order valence-electron chi connectivity index (χ0n) is 16.3. The molecule has 0 aromatic heterocycles. The number of benzene rings is 1. The SMILES string of the molecule is CC(=O)N1CCc2ccccc2[C@H]1CC(=O)N(CCC(=O)O)C[C@H]1CCCO1. The number of carbonyl (C=O) groups excluding carboxylic acids is 2. The van der Waals surface area contributed by atoms with E-state index in [1.807, 2.05) is 24.3 Å². The molecule has 0 unspecified atom stereocenters. The highest BCUT2D eigenvalue weighted by Gasteiger charge is 2.33. The van der Waals surface area contributed by atoms with Gasteiger partial charge in [-0.1, -0.05) is 24.3 Å². The molecule has 0 saturated carbocycles. The minimum atomic E-state index is -0.932. The van der Waals surface area contributed by atoms with Crippen molar-refractivity contribution in [1.29, 1.82) is 0 Å². The summed E-state index contributed by atoms with van der Waals surface area (Å²) in [5, 5.41) is 9.05. The average molecular weight is 388 g/mol. The van der Waals surface area contributed by atoms with E-state index in [-0.39, 0.29) is 43.3 Å². The van der Waals surface area contributed by atoms with Crippen LogP contribution in [0.5, 0.6) is 0 Å². The molecule has 0 spiro atoms. The smallest absolute Gasteiger partial charge is 0.305 e. The van der Waals surface area contributed by atoms with Crippen molar-refractivity contribution in [3.63, 3.8) is 0 Å². The normalized spacial score (nSPS) is 21.2. The van der Waals surface area contributed by atoms with Crippen molar-refractivity contribution < 1.29 is 24.2 Å². The van der Waals surface area contributed by atoms with Gasteiger partial charge < -0.3 is 19.6 Å². The van der Waals surface area contributed by atoms with Gasteiger partial charge in [0.15, 0.2) is 0 Å². The van der Waals surface area contributed by atoms with Crippen LogP contribution < -0.4 is 0 Å². The van der Waals surface area contributed by atoms with Crippen LogP contribution in [0.25, 0.3) is 0 Å². The molecule has 1 aromatic rings. The molecule has 2 aliphatic rings. The van der Waals surface area contributed by atoms with Crippen molar-refractivity contribution >= 4 is 17.8 Å². The number of carboxylic acids is 1. The lowest BCUT2D eigenvalue weighted by atomic mass is 9.90. The Morgan fingerprint density at radius 2 is 2.07 bits per heavy atom. The van der Waals surface area contributed by atoms with Crippen LogP contribution in [-0.4, -0.2) is 65.0 Å². The van der Waals surface area contributed by atoms with E-state index in [9.17, 15) is 14.4 Å². The molecule has 1 aromatic carbocycles. The Balaban J connectivity index is 1.77. The third-order valence-electron chi connectivity index (χ3n) is 5.58. The molecule has 7 nitrogen and oxygen atoms in total. The highest BCUT2D eigenvalue weighted by atomic mass is 16.5. The predicted octanol–water partition coefficient (Wildman–Crippen LogP) is 2.00. The highest BCUT2D eigenvalue weighted by molar-refractivity contribution is 5.80. The van der Waals surface area contributed by atoms with Crippen molar-refractivity contribution in [2.24, 2.45) is 0 Å². The zero-order chi connectivity index (χ0) is 20.1. The standard InChI is InChI=1S/C21H28N2O5/c1-15(24)23-11-8-16-5-2-3-7-18(16)19(23)13-20(25)22(10-9-21(26)27)14-17-6-4-12-28-17/h2-3,5,7,17,19H,4,6,8-14H2,1H3,(H,26,27)/t17-,19-/m1/s1. The van der Waals surface area contributed by atoms with Gasteiger partial charge in [0.05, 0.1) is 25.0 Å². The average Bonchev–Trinajstić information content (AvgIpc) is 3.18. The Morgan fingerprint density at radius 1 is 1.29 bits per heavy atom. The van der Waals surface area contributed by atoms with Crippen LogP contribution in [0.15, 0.2) is 24.3 Å². The molecule has 1 saturated heterocycles. The van der Waals surface area contributed by atoms with E-state index in [0.29, 0.717) is 19.7 Å². The fraction of sp³-hybridized carbons (Fsp3) is 0.571. The second-order valence-electron chi connectivity index (χ2n) is 7.50. The minimum Gasteiger partial charge on any atom is -0.481 e. The molecule has 2 aliphatic heterocycles. The topological polar surface area (TPSA) is 87.2 Å². The van der Waals surface area contributed by atoms with Crippen LogP contribution in [0.1, 0.15) is 49.8 Å². The van der Waals surface area contributed by atoms with Gasteiger partial charge in [-0.15, -0.1) is 0 Å². The molecule has 3 rings (SSSR count). The molecule has 28 heavy (non-hydrogen) atoms. The van der Waals surface area contributed by atoms with Gasteiger partial charge in [-0.3, -0.25) is 14.4 Å². The molecule has 0 aliphatic carbocycles. The van der Waals surface area contributed by atoms with Gasteiger partial charge in [0, 0.05) is 33.2 Å². The first-order valence-electron chi connectivity index (χ1n) is 9.92. The Kier molecular flexibility index (Phi) is 6.67. The number of amides is 2. The van der Waals surface area contributed by atoms with E-state index in [2.05, 4.69) is 0 Å². The molecule has 7 heteroatoms. The Morgan fingerprint density at radius 3 is 2.75 bits per heavy atom. The number of nitrogens with zero attached hydrogens (tertiary/aromatic N) is 2. The summed E-state index contributed by atoms with van der Waals surface area (Å²) in [6, 6.07) is 7.60. The summed E-state index contributed by atoms with van der Waals surface area (Å²) in [7, 11) is 0. The maximum absolute atomic E-state index is 13.1. The summed E-state index contributed by atoms with van der Waals surface area (Å²) in [6.07, 6.45) is 2.63. The van der Waals surface area contributed by atoms with Crippen molar-refractivity contribution in [2.75, 3.05) is 26.2 Å². The lowest BCUT2D eigenvalue weighted by Crippen LogP contribution is -2.44. The quantitative estimate of drug-likeness (QED) is 0.772. The van der Waals surface area contributed by atoms with Gasteiger partial charge in [-0.05, 0) is 30.4 Å². The van der Waals surface area contributed by atoms with Gasteiger partial charge in [0.25, 0.3) is 0 Å². The minimum absolute atomic E-state index is 0.0414. The molecular formula is C21H28N2O5. The van der Waals surface area contributed by atoms with Crippen LogP contribution in [0.2, 0.25) is 0 Å². The summed E-state index contributed by atoms with van der Waals surface area (Å²) in [5.41, 5.74) is 2.17. The first kappa shape index (κ1) is 20.3. The number of ether oxygens (including phenoxy) is 1.